The van der Waals surface area contributed by atoms with Gasteiger partial charge in [-0.25, -0.2) is 0 Å². The van der Waals surface area contributed by atoms with Crippen molar-refractivity contribution in [3.8, 4) is 112 Å². The molecule has 739 valence electrons. The Balaban J connectivity index is 0.000000419. The van der Waals surface area contributed by atoms with Crippen LogP contribution in [0.2, 0.25) is 0 Å². The Hall–Kier alpha value is -13.3. The molecule has 0 saturated heterocycles. The normalized spacial score (nSPS) is 11.0. The standard InChI is InChI=1S/C24H18N.C19H16N.3C18H14N.5C5H8O2.5Ir/c1-24(2)20-9-5-4-8-18(20)19-13-11-17(15-21(19)24)23-14-12-16-7-3-6-10-22(16)25-23;1-14-8-9-18(15(2)12-14)17-10-11-20-19(13-17)16-6-4-3-5-7-16;1-14-6-5-9-17(12-14)18-13-16(10-11-19-18)15-7-3-2-4-8-15;1-14-6-5-9-16(12-14)17-10-11-19-18(13-17)15-7-3-2-4-8-15;1-14-7-9-15(10-8-14)17-11-12-19-18(13-17)16-5-3-2-4-6-16;5*1-4(6)3-5(2)7;;;;;/h3-10,12-15H,1-2H3;3-6,8-13H,1-2H3;2-8,10-13H,1H3;2-7,9-13H,1H3;2-5,7-13H,1H3;5*3,6H,1-2H3;;;;;/q5*-1;;;;;;;;;;. The summed E-state index contributed by atoms with van der Waals surface area (Å²) < 4.78 is 0. The summed E-state index contributed by atoms with van der Waals surface area (Å²) in [6, 6.07) is 122. The van der Waals surface area contributed by atoms with Crippen molar-refractivity contribution in [1.82, 2.24) is 24.9 Å². The molecule has 0 saturated carbocycles. The fourth-order valence-electron chi connectivity index (χ4n) is 14.2. The minimum atomic E-state index is -0.125. The van der Waals surface area contributed by atoms with Gasteiger partial charge in [0.05, 0.1) is 34.3 Å². The van der Waals surface area contributed by atoms with E-state index in [1.807, 2.05) is 158 Å². The maximum absolute atomic E-state index is 10.0. The summed E-state index contributed by atoms with van der Waals surface area (Å²) in [7, 11) is 0. The van der Waals surface area contributed by atoms with Gasteiger partial charge in [0, 0.05) is 156 Å². The molecule has 11 aromatic carbocycles. The molecule has 15 nitrogen and oxygen atoms in total. The summed E-state index contributed by atoms with van der Waals surface area (Å²) >= 11 is 0. The molecule has 5 N–H and O–H groups in total. The van der Waals surface area contributed by atoms with Gasteiger partial charge in [0.25, 0.3) is 0 Å². The third kappa shape index (κ3) is 42.3. The molecular formula is C122H116Ir5N5O10-5. The maximum Gasteiger partial charge on any atom is 0.155 e. The molecule has 1 aliphatic rings. The fourth-order valence-corrected chi connectivity index (χ4v) is 14.2. The predicted molar refractivity (Wildman–Crippen MR) is 558 cm³/mol. The van der Waals surface area contributed by atoms with Gasteiger partial charge in [-0.2, -0.15) is 0 Å². The summed E-state index contributed by atoms with van der Waals surface area (Å²) in [4.78, 5) is 72.7. The smallest absolute Gasteiger partial charge is 0.155 e. The van der Waals surface area contributed by atoms with Crippen LogP contribution in [0.5, 0.6) is 0 Å². The average molecular weight is 2770 g/mol. The van der Waals surface area contributed by atoms with Crippen LogP contribution in [0.15, 0.2) is 393 Å². The number of aliphatic hydroxyl groups excluding tert-OH is 5. The van der Waals surface area contributed by atoms with Crippen LogP contribution < -0.4 is 0 Å². The molecule has 142 heavy (non-hydrogen) atoms. The average Bonchev–Trinajstić information content (AvgIpc) is 1.58. The van der Waals surface area contributed by atoms with E-state index in [0.717, 1.165) is 61.8 Å². The Kier molecular flexibility index (Phi) is 55.0. The summed E-state index contributed by atoms with van der Waals surface area (Å²) in [5, 5.41) is 43.0. The summed E-state index contributed by atoms with van der Waals surface area (Å²) in [5.41, 5.74) is 32.4. The number of hydrogen-bond acceptors (Lipinski definition) is 15. The number of nitrogens with zero attached hydrogens (tertiary/aromatic N) is 5. The molecule has 5 aromatic heterocycles. The van der Waals surface area contributed by atoms with Crippen LogP contribution in [0.3, 0.4) is 0 Å². The van der Waals surface area contributed by atoms with Gasteiger partial charge >= 0.3 is 0 Å². The second kappa shape index (κ2) is 63.5. The molecule has 0 atom stereocenters. The van der Waals surface area contributed by atoms with Gasteiger partial charge in [-0.15, -0.1) is 172 Å². The molecule has 20 heteroatoms. The third-order valence-corrected chi connectivity index (χ3v) is 20.2. The minimum Gasteiger partial charge on any atom is -0.512 e. The molecule has 0 spiro atoms. The molecule has 0 amide bonds. The van der Waals surface area contributed by atoms with E-state index >= 15 is 0 Å². The number of allylic oxidation sites excluding steroid dienone is 10. The molecule has 5 radical (unpaired) electrons. The first kappa shape index (κ1) is 123. The van der Waals surface area contributed by atoms with Crippen molar-refractivity contribution < 1.29 is 150 Å². The number of para-hydroxylation sites is 1. The monoisotopic (exact) mass is 2780 g/mol. The molecule has 17 rings (SSSR count). The van der Waals surface area contributed by atoms with Crippen LogP contribution in [0.4, 0.5) is 0 Å². The summed E-state index contributed by atoms with van der Waals surface area (Å²) in [6.07, 6.45) is 13.3. The SMILES string of the molecule is CC(=O)C=C(C)O.CC(=O)C=C(C)O.CC(=O)C=C(C)O.CC(=O)C=C(C)O.CC(=O)C=C(C)O.CC1(C)c2ccccc2-c2c[c-]c(-c3ccc4ccccc4n3)cc21.Cc1cc[c-]c(-c2cc(-c3ccccc3)ccn2)c1.Cc1ccc(-c2ccnc(-c3[c-]cccc3)c2)c(C)c1.Cc1ccc(-c2ccnc(-c3[c-]cccc3)c2)cc1.Cc1cccc(-c2ccnc(-c3[c-]cccc3)c2)c1.[Ir].[Ir].[Ir].[Ir].[Ir]. The van der Waals surface area contributed by atoms with Gasteiger partial charge in [0.2, 0.25) is 0 Å². The minimum absolute atomic E-state index is 0. The molecule has 0 aliphatic heterocycles. The van der Waals surface area contributed by atoms with E-state index < -0.39 is 0 Å². The summed E-state index contributed by atoms with van der Waals surface area (Å²) in [6.45, 7) is 29.4. The van der Waals surface area contributed by atoms with E-state index in [0.29, 0.717) is 0 Å². The van der Waals surface area contributed by atoms with Crippen molar-refractivity contribution in [2.45, 2.75) is 123 Å². The van der Waals surface area contributed by atoms with E-state index in [-0.39, 0.29) is 164 Å². The van der Waals surface area contributed by atoms with Crippen LogP contribution in [-0.4, -0.2) is 79.4 Å². The van der Waals surface area contributed by atoms with E-state index in [2.05, 4.69) is 275 Å². The quantitative estimate of drug-likeness (QED) is 0.0386. The zero-order valence-corrected chi connectivity index (χ0v) is 94.3. The number of aryl methyl sites for hydroxylation is 5. The number of aliphatic hydroxyl groups is 5. The van der Waals surface area contributed by atoms with Crippen LogP contribution >= 0.6 is 0 Å². The van der Waals surface area contributed by atoms with Crippen LogP contribution in [0.25, 0.3) is 123 Å². The van der Waals surface area contributed by atoms with Crippen LogP contribution in [-0.2, 0) is 130 Å². The number of carbonyl (C=O) groups is 5. The van der Waals surface area contributed by atoms with Crippen molar-refractivity contribution in [3.63, 3.8) is 0 Å². The number of pyridine rings is 5. The van der Waals surface area contributed by atoms with Gasteiger partial charge < -0.3 is 45.5 Å². The Morgan fingerprint density at radius 3 is 1.06 bits per heavy atom. The largest absolute Gasteiger partial charge is 0.512 e. The van der Waals surface area contributed by atoms with Crippen molar-refractivity contribution in [2.24, 2.45) is 0 Å². The second-order valence-electron chi connectivity index (χ2n) is 33.0. The first-order chi connectivity index (χ1) is 65.5. The van der Waals surface area contributed by atoms with Crippen LogP contribution in [0, 0.1) is 65.0 Å². The van der Waals surface area contributed by atoms with Gasteiger partial charge in [0.1, 0.15) is 0 Å². The van der Waals surface area contributed by atoms with E-state index in [4.69, 9.17) is 30.5 Å². The molecule has 0 unspecified atom stereocenters. The number of hydrogen-bond donors (Lipinski definition) is 5. The molecule has 0 fully saturated rings. The first-order valence-electron chi connectivity index (χ1n) is 44.4. The number of ketones is 5. The number of fused-ring (bicyclic) bond motifs is 4. The van der Waals surface area contributed by atoms with Gasteiger partial charge in [0.15, 0.2) is 28.9 Å². The van der Waals surface area contributed by atoms with Crippen molar-refractivity contribution in [3.05, 3.63) is 463 Å². The van der Waals surface area contributed by atoms with Crippen molar-refractivity contribution >= 4 is 39.8 Å². The molecular weight excluding hydrogens is 2660 g/mol. The number of aromatic nitrogens is 5. The van der Waals surface area contributed by atoms with E-state index in [9.17, 15) is 24.0 Å². The first-order valence-corrected chi connectivity index (χ1v) is 44.4. The Morgan fingerprint density at radius 1 is 0.268 bits per heavy atom. The van der Waals surface area contributed by atoms with Crippen LogP contribution in [0.1, 0.15) is 122 Å². The predicted octanol–water partition coefficient (Wildman–Crippen LogP) is 29.6. The Labute approximate surface area is 904 Å². The van der Waals surface area contributed by atoms with E-state index in [1.54, 1.807) is 0 Å². The molecule has 16 aromatic rings. The topological polar surface area (TPSA) is 251 Å². The third-order valence-electron chi connectivity index (χ3n) is 20.2. The zero-order chi connectivity index (χ0) is 99.5. The van der Waals surface area contributed by atoms with Crippen molar-refractivity contribution in [1.29, 1.82) is 0 Å². The number of carbonyl (C=O) groups excluding carboxylic acids is 5. The summed E-state index contributed by atoms with van der Waals surface area (Å²) in [5.74, 6) is -0.312. The molecule has 0 bridgehead atoms. The van der Waals surface area contributed by atoms with Gasteiger partial charge in [-0.1, -0.05) is 225 Å². The fraction of sp³-hybridized carbons (Fsp3) is 0.148. The molecule has 1 aliphatic carbocycles. The maximum atomic E-state index is 10.0. The zero-order valence-electron chi connectivity index (χ0n) is 82.3. The molecule has 5 heterocycles. The van der Waals surface area contributed by atoms with Gasteiger partial charge in [-0.3, -0.25) is 29.0 Å². The van der Waals surface area contributed by atoms with Gasteiger partial charge in [-0.05, 0) is 222 Å². The Morgan fingerprint density at radius 2 is 0.634 bits per heavy atom. The van der Waals surface area contributed by atoms with E-state index in [1.165, 1.54) is 200 Å². The Bertz CT molecular complexity index is 6600. The van der Waals surface area contributed by atoms with Crippen molar-refractivity contribution in [2.75, 3.05) is 0 Å². The second-order valence-corrected chi connectivity index (χ2v) is 33.0. The number of rotatable bonds is 14. The number of benzene rings is 11.